The Bertz CT molecular complexity index is 780. The Morgan fingerprint density at radius 2 is 1.93 bits per heavy atom. The number of amides is 1. The molecule has 1 aromatic heterocycles. The fourth-order valence-corrected chi connectivity index (χ4v) is 3.08. The lowest BCUT2D eigenvalue weighted by atomic mass is 10.2. The van der Waals surface area contributed by atoms with E-state index in [-0.39, 0.29) is 5.91 Å². The molecule has 5 heteroatoms. The highest BCUT2D eigenvalue weighted by molar-refractivity contribution is 5.94. The second kappa shape index (κ2) is 9.69. The summed E-state index contributed by atoms with van der Waals surface area (Å²) in [4.78, 5) is 21.1. The van der Waals surface area contributed by atoms with Gasteiger partial charge in [-0.25, -0.2) is 0 Å². The molecule has 1 aliphatic rings. The molecule has 140 valence electrons. The van der Waals surface area contributed by atoms with E-state index in [4.69, 9.17) is 0 Å². The zero-order valence-electron chi connectivity index (χ0n) is 15.6. The number of anilines is 1. The average molecular weight is 362 g/mol. The molecule has 1 saturated heterocycles. The summed E-state index contributed by atoms with van der Waals surface area (Å²) in [5.41, 5.74) is 2.82. The van der Waals surface area contributed by atoms with Crippen molar-refractivity contribution in [3.63, 3.8) is 0 Å². The predicted molar refractivity (Wildman–Crippen MR) is 111 cm³/mol. The highest BCUT2D eigenvalue weighted by atomic mass is 16.1. The van der Waals surface area contributed by atoms with Crippen LogP contribution in [0.5, 0.6) is 0 Å². The van der Waals surface area contributed by atoms with Crippen LogP contribution in [-0.2, 0) is 0 Å². The largest absolute Gasteiger partial charge is 0.368 e. The number of nitrogens with zero attached hydrogens (tertiary/aromatic N) is 3. The SMILES string of the molecule is C=CCNC(=O)c1cncc(N2CCN(C/C=C/c3ccccc3)CC2)c1. The quantitative estimate of drug-likeness (QED) is 0.770. The highest BCUT2D eigenvalue weighted by Crippen LogP contribution is 2.17. The number of hydrogen-bond donors (Lipinski definition) is 1. The third kappa shape index (κ3) is 5.53. The van der Waals surface area contributed by atoms with Crippen molar-refractivity contribution in [1.29, 1.82) is 0 Å². The molecule has 3 rings (SSSR count). The van der Waals surface area contributed by atoms with Crippen molar-refractivity contribution in [3.8, 4) is 0 Å². The van der Waals surface area contributed by atoms with E-state index in [0.29, 0.717) is 12.1 Å². The van der Waals surface area contributed by atoms with Gasteiger partial charge < -0.3 is 10.2 Å². The lowest BCUT2D eigenvalue weighted by Gasteiger charge is -2.35. The van der Waals surface area contributed by atoms with Crippen molar-refractivity contribution in [3.05, 3.63) is 78.6 Å². The van der Waals surface area contributed by atoms with Gasteiger partial charge in [0.15, 0.2) is 0 Å². The van der Waals surface area contributed by atoms with Crippen molar-refractivity contribution in [1.82, 2.24) is 15.2 Å². The average Bonchev–Trinajstić information content (AvgIpc) is 2.73. The maximum atomic E-state index is 12.1. The number of rotatable bonds is 7. The maximum absolute atomic E-state index is 12.1. The topological polar surface area (TPSA) is 48.5 Å². The van der Waals surface area contributed by atoms with Gasteiger partial charge in [0.05, 0.1) is 17.4 Å². The Labute approximate surface area is 161 Å². The van der Waals surface area contributed by atoms with Crippen LogP contribution in [-0.4, -0.2) is 55.1 Å². The summed E-state index contributed by atoms with van der Waals surface area (Å²) >= 11 is 0. The van der Waals surface area contributed by atoms with Gasteiger partial charge in [-0.15, -0.1) is 6.58 Å². The zero-order chi connectivity index (χ0) is 18.9. The number of carbonyl (C=O) groups is 1. The minimum absolute atomic E-state index is 0.117. The third-order valence-electron chi connectivity index (χ3n) is 4.60. The maximum Gasteiger partial charge on any atom is 0.253 e. The first kappa shape index (κ1) is 18.9. The molecule has 0 spiro atoms. The summed E-state index contributed by atoms with van der Waals surface area (Å²) in [7, 11) is 0. The van der Waals surface area contributed by atoms with E-state index in [0.717, 1.165) is 38.4 Å². The molecule has 0 radical (unpaired) electrons. The van der Waals surface area contributed by atoms with Crippen LogP contribution >= 0.6 is 0 Å². The van der Waals surface area contributed by atoms with E-state index in [9.17, 15) is 4.79 Å². The van der Waals surface area contributed by atoms with Crippen molar-refractivity contribution in [2.45, 2.75) is 0 Å². The van der Waals surface area contributed by atoms with Crippen LogP contribution < -0.4 is 10.2 Å². The number of aromatic nitrogens is 1. The van der Waals surface area contributed by atoms with Crippen LogP contribution in [0.15, 0.2) is 67.5 Å². The van der Waals surface area contributed by atoms with Crippen molar-refractivity contribution in [2.24, 2.45) is 0 Å². The summed E-state index contributed by atoms with van der Waals surface area (Å²) in [5, 5.41) is 2.79. The highest BCUT2D eigenvalue weighted by Gasteiger charge is 2.17. The van der Waals surface area contributed by atoms with Crippen LogP contribution in [0, 0.1) is 0 Å². The van der Waals surface area contributed by atoms with E-state index in [1.807, 2.05) is 18.3 Å². The monoisotopic (exact) mass is 362 g/mol. The van der Waals surface area contributed by atoms with Gasteiger partial charge in [-0.1, -0.05) is 48.6 Å². The van der Waals surface area contributed by atoms with Crippen LogP contribution in [0.1, 0.15) is 15.9 Å². The van der Waals surface area contributed by atoms with Gasteiger partial charge in [0.2, 0.25) is 0 Å². The molecule has 1 aromatic carbocycles. The summed E-state index contributed by atoms with van der Waals surface area (Å²) in [6.45, 7) is 8.86. The molecule has 2 aromatic rings. The van der Waals surface area contributed by atoms with E-state index >= 15 is 0 Å². The number of hydrogen-bond acceptors (Lipinski definition) is 4. The van der Waals surface area contributed by atoms with Crippen LogP contribution in [0.25, 0.3) is 6.08 Å². The Morgan fingerprint density at radius 1 is 1.15 bits per heavy atom. The molecule has 1 N–H and O–H groups in total. The second-order valence-electron chi connectivity index (χ2n) is 6.53. The van der Waals surface area contributed by atoms with E-state index in [1.54, 1.807) is 12.3 Å². The standard InChI is InChI=1S/C22H26N4O/c1-2-10-24-22(27)20-16-21(18-23-17-20)26-14-12-25(13-15-26)11-6-9-19-7-4-3-5-8-19/h2-9,16-18H,1,10-15H2,(H,24,27)/b9-6+. The minimum Gasteiger partial charge on any atom is -0.368 e. The normalized spacial score (nSPS) is 15.0. The summed E-state index contributed by atoms with van der Waals surface area (Å²) in [6.07, 6.45) is 9.49. The third-order valence-corrected chi connectivity index (χ3v) is 4.60. The Kier molecular flexibility index (Phi) is 6.77. The van der Waals surface area contributed by atoms with Crippen molar-refractivity contribution < 1.29 is 4.79 Å². The molecule has 1 aliphatic heterocycles. The van der Waals surface area contributed by atoms with Crippen LogP contribution in [0.4, 0.5) is 5.69 Å². The van der Waals surface area contributed by atoms with Crippen molar-refractivity contribution >= 4 is 17.7 Å². The molecule has 0 aliphatic carbocycles. The van der Waals surface area contributed by atoms with Gasteiger partial charge in [0, 0.05) is 45.5 Å². The zero-order valence-corrected chi connectivity index (χ0v) is 15.6. The van der Waals surface area contributed by atoms with E-state index in [2.05, 4.69) is 63.1 Å². The molecule has 5 nitrogen and oxygen atoms in total. The van der Waals surface area contributed by atoms with Crippen LogP contribution in [0.3, 0.4) is 0 Å². The first-order valence-corrected chi connectivity index (χ1v) is 9.29. The molecule has 0 saturated carbocycles. The molecular weight excluding hydrogens is 336 g/mol. The molecule has 0 unspecified atom stereocenters. The van der Waals surface area contributed by atoms with Crippen molar-refractivity contribution in [2.75, 3.05) is 44.2 Å². The number of piperazine rings is 1. The molecule has 0 atom stereocenters. The number of nitrogens with one attached hydrogen (secondary N) is 1. The molecule has 2 heterocycles. The number of pyridine rings is 1. The summed E-state index contributed by atoms with van der Waals surface area (Å²) < 4.78 is 0. The minimum atomic E-state index is -0.117. The van der Waals surface area contributed by atoms with Gasteiger partial charge in [-0.2, -0.15) is 0 Å². The van der Waals surface area contributed by atoms with E-state index in [1.165, 1.54) is 5.56 Å². The lowest BCUT2D eigenvalue weighted by Crippen LogP contribution is -2.46. The molecule has 0 bridgehead atoms. The predicted octanol–water partition coefficient (Wildman–Crippen LogP) is 2.83. The van der Waals surface area contributed by atoms with Crippen LogP contribution in [0.2, 0.25) is 0 Å². The van der Waals surface area contributed by atoms with Gasteiger partial charge in [0.1, 0.15) is 0 Å². The first-order chi connectivity index (χ1) is 13.3. The second-order valence-corrected chi connectivity index (χ2v) is 6.53. The fraction of sp³-hybridized carbons (Fsp3) is 0.273. The number of benzene rings is 1. The molecular formula is C22H26N4O. The van der Waals surface area contributed by atoms with Gasteiger partial charge in [0.25, 0.3) is 5.91 Å². The van der Waals surface area contributed by atoms with Gasteiger partial charge in [-0.05, 0) is 11.6 Å². The molecule has 1 fully saturated rings. The first-order valence-electron chi connectivity index (χ1n) is 9.29. The van der Waals surface area contributed by atoms with Gasteiger partial charge in [-0.3, -0.25) is 14.7 Å². The van der Waals surface area contributed by atoms with E-state index < -0.39 is 0 Å². The fourth-order valence-electron chi connectivity index (χ4n) is 3.08. The Morgan fingerprint density at radius 3 is 2.67 bits per heavy atom. The number of carbonyl (C=O) groups excluding carboxylic acids is 1. The smallest absolute Gasteiger partial charge is 0.253 e. The van der Waals surface area contributed by atoms with Gasteiger partial charge >= 0.3 is 0 Å². The molecule has 1 amide bonds. The lowest BCUT2D eigenvalue weighted by molar-refractivity contribution is 0.0957. The summed E-state index contributed by atoms with van der Waals surface area (Å²) in [5.74, 6) is -0.117. The molecule has 27 heavy (non-hydrogen) atoms. The Balaban J connectivity index is 1.51. The summed E-state index contributed by atoms with van der Waals surface area (Å²) in [6, 6.07) is 12.3. The Hall–Kier alpha value is -2.92.